The predicted molar refractivity (Wildman–Crippen MR) is 136 cm³/mol. The summed E-state index contributed by atoms with van der Waals surface area (Å²) in [5, 5.41) is 3.39. The van der Waals surface area contributed by atoms with Crippen molar-refractivity contribution in [1.29, 1.82) is 0 Å². The predicted octanol–water partition coefficient (Wildman–Crippen LogP) is 2.18. The van der Waals surface area contributed by atoms with Gasteiger partial charge in [0.05, 0.1) is 17.1 Å². The first-order valence-electron chi connectivity index (χ1n) is 11.2. The second-order valence-corrected chi connectivity index (χ2v) is 10.6. The smallest absolute Gasteiger partial charge is 0.324 e. The number of carbonyl (C=O) groups excluding carboxylic acids is 2. The van der Waals surface area contributed by atoms with Crippen molar-refractivity contribution in [3.63, 3.8) is 0 Å². The van der Waals surface area contributed by atoms with Crippen LogP contribution in [-0.4, -0.2) is 42.7 Å². The van der Waals surface area contributed by atoms with E-state index in [1.807, 2.05) is 33.8 Å². The summed E-state index contributed by atoms with van der Waals surface area (Å²) < 4.78 is 2.34. The Hall–Kier alpha value is -3.47. The van der Waals surface area contributed by atoms with Gasteiger partial charge in [0.2, 0.25) is 11.8 Å². The Balaban J connectivity index is 1.78. The van der Waals surface area contributed by atoms with E-state index in [1.165, 1.54) is 11.6 Å². The van der Waals surface area contributed by atoms with Crippen LogP contribution in [0.5, 0.6) is 0 Å². The van der Waals surface area contributed by atoms with E-state index in [0.29, 0.717) is 22.2 Å². The van der Waals surface area contributed by atoms with Crippen molar-refractivity contribution in [1.82, 2.24) is 19.1 Å². The minimum absolute atomic E-state index is 0.0193. The van der Waals surface area contributed by atoms with Gasteiger partial charge < -0.3 is 10.2 Å². The number of rotatable bonds is 3. The van der Waals surface area contributed by atoms with Crippen molar-refractivity contribution in [2.75, 3.05) is 16.0 Å². The van der Waals surface area contributed by atoms with Crippen LogP contribution in [0.15, 0.2) is 38.9 Å². The molecule has 0 radical (unpaired) electrons. The normalized spacial score (nSPS) is 16.1. The number of nitrogens with one attached hydrogen (secondary N) is 1. The molecule has 184 valence electrons. The molecule has 1 atom stereocenters. The van der Waals surface area contributed by atoms with Crippen LogP contribution in [0.4, 0.5) is 11.4 Å². The number of nitrogens with zero attached hydrogens (tertiary/aromatic N) is 5. The molecule has 0 fully saturated rings. The number of hydrogen-bond acceptors (Lipinski definition) is 7. The molecule has 3 heterocycles. The van der Waals surface area contributed by atoms with Crippen molar-refractivity contribution < 1.29 is 9.59 Å². The molecule has 1 aliphatic rings. The van der Waals surface area contributed by atoms with Crippen LogP contribution in [0.1, 0.15) is 39.9 Å². The summed E-state index contributed by atoms with van der Waals surface area (Å²) in [5.74, 6) is 0.0618. The highest BCUT2D eigenvalue weighted by molar-refractivity contribution is 8.00. The minimum Gasteiger partial charge on any atom is -0.324 e. The van der Waals surface area contributed by atoms with Crippen LogP contribution >= 0.6 is 11.8 Å². The largest absolute Gasteiger partial charge is 0.332 e. The summed E-state index contributed by atoms with van der Waals surface area (Å²) in [5.41, 5.74) is -0.0166. The molecule has 0 saturated heterocycles. The van der Waals surface area contributed by atoms with Gasteiger partial charge in [-0.1, -0.05) is 44.7 Å². The van der Waals surface area contributed by atoms with E-state index in [-0.39, 0.29) is 41.1 Å². The maximum Gasteiger partial charge on any atom is 0.332 e. The molecule has 35 heavy (non-hydrogen) atoms. The molecule has 0 bridgehead atoms. The Morgan fingerprint density at radius 2 is 1.80 bits per heavy atom. The number of amides is 2. The fraction of sp³-hybridized carbons (Fsp3) is 0.417. The first-order valence-corrected chi connectivity index (χ1v) is 12.2. The lowest BCUT2D eigenvalue weighted by Gasteiger charge is -2.27. The Morgan fingerprint density at radius 1 is 1.11 bits per heavy atom. The van der Waals surface area contributed by atoms with Crippen LogP contribution in [0, 0.1) is 0 Å². The molecular weight excluding hydrogens is 468 g/mol. The van der Waals surface area contributed by atoms with Gasteiger partial charge in [-0.05, 0) is 19.1 Å². The van der Waals surface area contributed by atoms with Crippen LogP contribution in [-0.2, 0) is 29.1 Å². The van der Waals surface area contributed by atoms with Crippen LogP contribution in [0.25, 0.3) is 11.0 Å². The number of aromatic nitrogens is 4. The number of thioether (sulfide) groups is 1. The number of hydrogen-bond donors (Lipinski definition) is 1. The van der Waals surface area contributed by atoms with Gasteiger partial charge in [-0.25, -0.2) is 14.8 Å². The standard InChI is InChI=1S/C24H28N6O4S/c1-13-11-16(31)25-14-9-7-8-10-15(14)30(13)17(32)12-35-20-18-19(26-22(27-20)24(2,3)4)28(5)23(34)29(6)21(18)33/h7-10,13H,11-12H2,1-6H3,(H,25,31). The molecule has 0 saturated carbocycles. The lowest BCUT2D eigenvalue weighted by Crippen LogP contribution is -2.40. The van der Waals surface area contributed by atoms with Gasteiger partial charge in [-0.15, -0.1) is 0 Å². The Labute approximate surface area is 206 Å². The zero-order valence-electron chi connectivity index (χ0n) is 20.6. The maximum absolute atomic E-state index is 13.5. The third-order valence-electron chi connectivity index (χ3n) is 5.90. The van der Waals surface area contributed by atoms with Crippen LogP contribution < -0.4 is 21.5 Å². The second-order valence-electron chi connectivity index (χ2n) is 9.68. The average Bonchev–Trinajstić information content (AvgIpc) is 2.92. The molecule has 0 aliphatic carbocycles. The first kappa shape index (κ1) is 24.6. The Bertz CT molecular complexity index is 1470. The van der Waals surface area contributed by atoms with E-state index in [2.05, 4.69) is 15.3 Å². The van der Waals surface area contributed by atoms with Gasteiger partial charge in [-0.2, -0.15) is 0 Å². The molecule has 1 unspecified atom stereocenters. The molecule has 2 amide bonds. The molecule has 0 spiro atoms. The van der Waals surface area contributed by atoms with Crippen molar-refractivity contribution in [3.05, 3.63) is 50.9 Å². The monoisotopic (exact) mass is 496 g/mol. The van der Waals surface area contributed by atoms with E-state index < -0.39 is 16.7 Å². The third kappa shape index (κ3) is 4.47. The second kappa shape index (κ2) is 8.95. The lowest BCUT2D eigenvalue weighted by molar-refractivity contribution is -0.117. The maximum atomic E-state index is 13.5. The summed E-state index contributed by atoms with van der Waals surface area (Å²) in [6.07, 6.45) is 0.165. The van der Waals surface area contributed by atoms with Crippen molar-refractivity contribution in [2.24, 2.45) is 14.1 Å². The number of para-hydroxylation sites is 2. The van der Waals surface area contributed by atoms with Gasteiger partial charge in [0.15, 0.2) is 5.65 Å². The highest BCUT2D eigenvalue weighted by atomic mass is 32.2. The molecule has 11 heteroatoms. The van der Waals surface area contributed by atoms with Crippen molar-refractivity contribution in [3.8, 4) is 0 Å². The van der Waals surface area contributed by atoms with Gasteiger partial charge in [0, 0.05) is 32.0 Å². The molecule has 1 aliphatic heterocycles. The quantitative estimate of drug-likeness (QED) is 0.436. The first-order chi connectivity index (χ1) is 16.4. The van der Waals surface area contributed by atoms with Crippen LogP contribution in [0.2, 0.25) is 0 Å². The highest BCUT2D eigenvalue weighted by Gasteiger charge is 2.30. The van der Waals surface area contributed by atoms with Gasteiger partial charge in [-0.3, -0.25) is 23.5 Å². The zero-order valence-corrected chi connectivity index (χ0v) is 21.4. The number of benzene rings is 1. The van der Waals surface area contributed by atoms with E-state index >= 15 is 0 Å². The highest BCUT2D eigenvalue weighted by Crippen LogP contribution is 2.33. The molecule has 2 aromatic heterocycles. The summed E-state index contributed by atoms with van der Waals surface area (Å²) in [4.78, 5) is 62.1. The summed E-state index contributed by atoms with van der Waals surface area (Å²) >= 11 is 1.13. The SMILES string of the molecule is CC1CC(=O)Nc2ccccc2N1C(=O)CSc1nc(C(C)(C)C)nc2c1c(=O)n(C)c(=O)n2C. The Morgan fingerprint density at radius 3 is 2.49 bits per heavy atom. The zero-order chi connectivity index (χ0) is 25.7. The molecule has 1 N–H and O–H groups in total. The molecule has 3 aromatic rings. The summed E-state index contributed by atoms with van der Waals surface area (Å²) in [7, 11) is 2.96. The summed E-state index contributed by atoms with van der Waals surface area (Å²) in [6, 6.07) is 6.81. The topological polar surface area (TPSA) is 119 Å². The molecular formula is C24H28N6O4S. The number of anilines is 2. The molecule has 1 aromatic carbocycles. The molecule has 4 rings (SSSR count). The van der Waals surface area contributed by atoms with Crippen molar-refractivity contribution >= 4 is 46.0 Å². The summed E-state index contributed by atoms with van der Waals surface area (Å²) in [6.45, 7) is 7.64. The third-order valence-corrected chi connectivity index (χ3v) is 6.86. The van der Waals surface area contributed by atoms with Gasteiger partial charge in [0.25, 0.3) is 5.56 Å². The average molecular weight is 497 g/mol. The Kier molecular flexibility index (Phi) is 6.31. The van der Waals surface area contributed by atoms with E-state index in [1.54, 1.807) is 30.1 Å². The number of carbonyl (C=O) groups is 2. The van der Waals surface area contributed by atoms with E-state index in [0.717, 1.165) is 16.3 Å². The van der Waals surface area contributed by atoms with Gasteiger partial charge in [0.1, 0.15) is 16.2 Å². The van der Waals surface area contributed by atoms with Crippen LogP contribution in [0.3, 0.4) is 0 Å². The fourth-order valence-corrected chi connectivity index (χ4v) is 4.91. The molecule has 10 nitrogen and oxygen atoms in total. The van der Waals surface area contributed by atoms with E-state index in [9.17, 15) is 19.2 Å². The lowest BCUT2D eigenvalue weighted by atomic mass is 9.96. The minimum atomic E-state index is -0.512. The van der Waals surface area contributed by atoms with Gasteiger partial charge >= 0.3 is 5.69 Å². The number of aryl methyl sites for hydroxylation is 1. The van der Waals surface area contributed by atoms with E-state index in [4.69, 9.17) is 0 Å². The number of fused-ring (bicyclic) bond motifs is 2. The fourth-order valence-electron chi connectivity index (χ4n) is 4.04. The van der Waals surface area contributed by atoms with Crippen molar-refractivity contribution in [2.45, 2.75) is 50.6 Å².